The summed E-state index contributed by atoms with van der Waals surface area (Å²) in [6.07, 6.45) is 1.59. The highest BCUT2D eigenvalue weighted by molar-refractivity contribution is 7.92. The molecule has 0 saturated carbocycles. The van der Waals surface area contributed by atoms with E-state index >= 15 is 0 Å². The molecule has 1 aliphatic rings. The predicted molar refractivity (Wildman–Crippen MR) is 118 cm³/mol. The molecule has 6 nitrogen and oxygen atoms in total. The zero-order valence-corrected chi connectivity index (χ0v) is 18.1. The van der Waals surface area contributed by atoms with Crippen molar-refractivity contribution in [3.63, 3.8) is 0 Å². The number of carbonyl (C=O) groups is 1. The van der Waals surface area contributed by atoms with Crippen molar-refractivity contribution in [1.29, 1.82) is 0 Å². The highest BCUT2D eigenvalue weighted by Gasteiger charge is 2.29. The first kappa shape index (κ1) is 21.8. The molecule has 0 spiro atoms. The number of hydrogen-bond donors (Lipinski definition) is 0. The molecule has 0 N–H and O–H groups in total. The number of hydrogen-bond acceptors (Lipinski definition) is 5. The number of benzene rings is 3. The molecule has 8 heteroatoms. The maximum absolute atomic E-state index is 13.5. The van der Waals surface area contributed by atoms with Crippen LogP contribution in [-0.4, -0.2) is 34.1 Å². The standard InChI is InChI=1S/C24H22FNO5S/c25-21-8-2-4-10-23(21)30-16-17-31-24(27)19-11-13-20(14-12-19)32(28,29)26-15-5-7-18-6-1-3-9-22(18)26/h1-4,6,8-14H,5,7,15-17H2. The quantitative estimate of drug-likeness (QED) is 0.394. The van der Waals surface area contributed by atoms with E-state index in [2.05, 4.69) is 0 Å². The number of rotatable bonds is 7. The molecular weight excluding hydrogens is 433 g/mol. The zero-order valence-electron chi connectivity index (χ0n) is 17.2. The van der Waals surface area contributed by atoms with Crippen molar-refractivity contribution in [2.24, 2.45) is 0 Å². The minimum Gasteiger partial charge on any atom is -0.487 e. The van der Waals surface area contributed by atoms with Gasteiger partial charge >= 0.3 is 5.97 Å². The van der Waals surface area contributed by atoms with Crippen molar-refractivity contribution < 1.29 is 27.1 Å². The lowest BCUT2D eigenvalue weighted by atomic mass is 10.0. The summed E-state index contributed by atoms with van der Waals surface area (Å²) in [5, 5.41) is 0. The fraction of sp³-hybridized carbons (Fsp3) is 0.208. The molecule has 1 heterocycles. The van der Waals surface area contributed by atoms with Gasteiger partial charge in [-0.25, -0.2) is 17.6 Å². The van der Waals surface area contributed by atoms with Crippen LogP contribution in [0.4, 0.5) is 10.1 Å². The molecule has 1 aliphatic heterocycles. The third-order valence-corrected chi connectivity index (χ3v) is 6.98. The van der Waals surface area contributed by atoms with Gasteiger partial charge in [-0.2, -0.15) is 0 Å². The Hall–Kier alpha value is -3.39. The maximum atomic E-state index is 13.5. The molecule has 4 rings (SSSR count). The van der Waals surface area contributed by atoms with E-state index in [0.29, 0.717) is 12.2 Å². The molecule has 0 fully saturated rings. The smallest absolute Gasteiger partial charge is 0.338 e. The minimum absolute atomic E-state index is 0.00644. The first-order chi connectivity index (χ1) is 15.5. The van der Waals surface area contributed by atoms with Crippen molar-refractivity contribution in [3.8, 4) is 5.75 Å². The van der Waals surface area contributed by atoms with Crippen molar-refractivity contribution in [2.75, 3.05) is 24.1 Å². The molecule has 32 heavy (non-hydrogen) atoms. The summed E-state index contributed by atoms with van der Waals surface area (Å²) in [4.78, 5) is 12.3. The van der Waals surface area contributed by atoms with Crippen LogP contribution in [-0.2, 0) is 21.2 Å². The number of anilines is 1. The summed E-state index contributed by atoms with van der Waals surface area (Å²) in [6, 6.07) is 19.1. The number of fused-ring (bicyclic) bond motifs is 1. The van der Waals surface area contributed by atoms with Gasteiger partial charge in [0.2, 0.25) is 0 Å². The fourth-order valence-corrected chi connectivity index (χ4v) is 5.11. The van der Waals surface area contributed by atoms with Gasteiger partial charge < -0.3 is 9.47 Å². The van der Waals surface area contributed by atoms with Gasteiger partial charge in [-0.05, 0) is 60.9 Å². The Bertz CT molecular complexity index is 1210. The molecule has 0 amide bonds. The van der Waals surface area contributed by atoms with Gasteiger partial charge in [0.15, 0.2) is 11.6 Å². The number of carbonyl (C=O) groups excluding carboxylic acids is 1. The van der Waals surface area contributed by atoms with Crippen molar-refractivity contribution in [2.45, 2.75) is 17.7 Å². The second-order valence-corrected chi connectivity index (χ2v) is 9.11. The highest BCUT2D eigenvalue weighted by atomic mass is 32.2. The lowest BCUT2D eigenvalue weighted by molar-refractivity contribution is 0.0448. The van der Waals surface area contributed by atoms with Crippen LogP contribution in [0.3, 0.4) is 0 Å². The topological polar surface area (TPSA) is 72.9 Å². The average Bonchev–Trinajstić information content (AvgIpc) is 2.82. The van der Waals surface area contributed by atoms with E-state index < -0.39 is 21.8 Å². The number of aryl methyl sites for hydroxylation is 1. The predicted octanol–water partition coefficient (Wildman–Crippen LogP) is 4.20. The largest absolute Gasteiger partial charge is 0.487 e. The van der Waals surface area contributed by atoms with E-state index in [1.165, 1.54) is 40.7 Å². The van der Waals surface area contributed by atoms with Gasteiger partial charge in [-0.3, -0.25) is 4.31 Å². The van der Waals surface area contributed by atoms with Crippen LogP contribution >= 0.6 is 0 Å². The summed E-state index contributed by atoms with van der Waals surface area (Å²) in [7, 11) is -3.75. The normalized spacial score (nSPS) is 13.3. The van der Waals surface area contributed by atoms with Crippen molar-refractivity contribution in [3.05, 3.63) is 89.7 Å². The Kier molecular flexibility index (Phi) is 6.41. The molecule has 0 saturated heterocycles. The number of sulfonamides is 1. The Morgan fingerprint density at radius 3 is 2.44 bits per heavy atom. The lowest BCUT2D eigenvalue weighted by Gasteiger charge is -2.30. The number of nitrogens with zero attached hydrogens (tertiary/aromatic N) is 1. The van der Waals surface area contributed by atoms with Gasteiger partial charge in [-0.1, -0.05) is 30.3 Å². The molecule has 166 valence electrons. The highest BCUT2D eigenvalue weighted by Crippen LogP contribution is 2.31. The number of para-hydroxylation sites is 2. The molecular formula is C24H22FNO5S. The SMILES string of the molecule is O=C(OCCOc1ccccc1F)c1ccc(S(=O)(=O)N2CCCc3ccccc32)cc1. The lowest BCUT2D eigenvalue weighted by Crippen LogP contribution is -2.35. The zero-order chi connectivity index (χ0) is 22.6. The Morgan fingerprint density at radius 1 is 0.938 bits per heavy atom. The first-order valence-corrected chi connectivity index (χ1v) is 11.7. The van der Waals surface area contributed by atoms with Crippen LogP contribution in [0, 0.1) is 5.82 Å². The average molecular weight is 456 g/mol. The number of ether oxygens (including phenoxy) is 2. The van der Waals surface area contributed by atoms with Crippen molar-refractivity contribution >= 4 is 21.7 Å². The van der Waals surface area contributed by atoms with Crippen LogP contribution in [0.1, 0.15) is 22.3 Å². The molecule has 0 unspecified atom stereocenters. The molecule has 0 atom stereocenters. The molecule has 3 aromatic carbocycles. The second kappa shape index (κ2) is 9.40. The van der Waals surface area contributed by atoms with E-state index in [-0.39, 0.29) is 29.4 Å². The molecule has 0 bridgehead atoms. The Morgan fingerprint density at radius 2 is 1.66 bits per heavy atom. The molecule has 0 radical (unpaired) electrons. The van der Waals surface area contributed by atoms with E-state index in [1.54, 1.807) is 18.2 Å². The van der Waals surface area contributed by atoms with Crippen LogP contribution in [0.25, 0.3) is 0 Å². The van der Waals surface area contributed by atoms with E-state index in [9.17, 15) is 17.6 Å². The van der Waals surface area contributed by atoms with Gasteiger partial charge in [0.25, 0.3) is 10.0 Å². The maximum Gasteiger partial charge on any atom is 0.338 e. The molecule has 0 aromatic heterocycles. The Balaban J connectivity index is 1.38. The van der Waals surface area contributed by atoms with Gasteiger partial charge in [0.05, 0.1) is 16.1 Å². The summed E-state index contributed by atoms with van der Waals surface area (Å²) >= 11 is 0. The monoisotopic (exact) mass is 455 g/mol. The van der Waals surface area contributed by atoms with Crippen LogP contribution in [0.5, 0.6) is 5.75 Å². The molecule has 0 aliphatic carbocycles. The van der Waals surface area contributed by atoms with Crippen molar-refractivity contribution in [1.82, 2.24) is 0 Å². The molecule has 3 aromatic rings. The third-order valence-electron chi connectivity index (χ3n) is 5.16. The number of esters is 1. The van der Waals surface area contributed by atoms with E-state index in [4.69, 9.17) is 9.47 Å². The second-order valence-electron chi connectivity index (χ2n) is 7.25. The van der Waals surface area contributed by atoms with Gasteiger partial charge in [-0.15, -0.1) is 0 Å². The van der Waals surface area contributed by atoms with Crippen LogP contribution < -0.4 is 9.04 Å². The minimum atomic E-state index is -3.75. The van der Waals surface area contributed by atoms with E-state index in [0.717, 1.165) is 18.4 Å². The summed E-state index contributed by atoms with van der Waals surface area (Å²) in [5.41, 5.74) is 1.91. The summed E-state index contributed by atoms with van der Waals surface area (Å²) in [5.74, 6) is -1.03. The van der Waals surface area contributed by atoms with Gasteiger partial charge in [0, 0.05) is 6.54 Å². The number of halogens is 1. The van der Waals surface area contributed by atoms with E-state index in [1.807, 2.05) is 18.2 Å². The Labute approximate surface area is 186 Å². The van der Waals surface area contributed by atoms with Crippen LogP contribution in [0.15, 0.2) is 77.7 Å². The van der Waals surface area contributed by atoms with Gasteiger partial charge in [0.1, 0.15) is 13.2 Å². The van der Waals surface area contributed by atoms with Crippen LogP contribution in [0.2, 0.25) is 0 Å². The summed E-state index contributed by atoms with van der Waals surface area (Å²) < 4.78 is 51.6. The fourth-order valence-electron chi connectivity index (χ4n) is 3.57. The third kappa shape index (κ3) is 4.60. The summed E-state index contributed by atoms with van der Waals surface area (Å²) in [6.45, 7) is 0.330. The first-order valence-electron chi connectivity index (χ1n) is 10.2.